The molecule has 1 N–H and O–H groups in total. The second-order valence-corrected chi connectivity index (χ2v) is 8.16. The van der Waals surface area contributed by atoms with Crippen molar-refractivity contribution in [1.29, 1.82) is 0 Å². The molecule has 23 heavy (non-hydrogen) atoms. The summed E-state index contributed by atoms with van der Waals surface area (Å²) in [5.74, 6) is 0.332. The van der Waals surface area contributed by atoms with Crippen LogP contribution in [0.5, 0.6) is 0 Å². The molecule has 1 aromatic heterocycles. The van der Waals surface area contributed by atoms with Gasteiger partial charge in [0.2, 0.25) is 0 Å². The maximum Gasteiger partial charge on any atom is 0.263 e. The molecule has 0 amide bonds. The molecule has 1 heterocycles. The molecular formula is C16H13ClN2O2S2. The molecule has 0 unspecified atom stereocenters. The van der Waals surface area contributed by atoms with Crippen molar-refractivity contribution >= 4 is 38.8 Å². The van der Waals surface area contributed by atoms with Crippen LogP contribution in [-0.2, 0) is 10.0 Å². The monoisotopic (exact) mass is 364 g/mol. The van der Waals surface area contributed by atoms with Crippen molar-refractivity contribution in [3.63, 3.8) is 0 Å². The number of halogens is 1. The molecule has 2 aromatic carbocycles. The van der Waals surface area contributed by atoms with E-state index in [9.17, 15) is 8.42 Å². The van der Waals surface area contributed by atoms with E-state index >= 15 is 0 Å². The Morgan fingerprint density at radius 2 is 1.70 bits per heavy atom. The minimum Gasteiger partial charge on any atom is -0.262 e. The first kappa shape index (κ1) is 16.0. The number of nitrogens with one attached hydrogen (secondary N) is 1. The van der Waals surface area contributed by atoms with Gasteiger partial charge in [-0.05, 0) is 36.8 Å². The Morgan fingerprint density at radius 1 is 1.04 bits per heavy atom. The molecule has 0 aliphatic rings. The maximum atomic E-state index is 12.5. The fraction of sp³-hybridized carbons (Fsp3) is 0.0625. The Labute approximate surface area is 143 Å². The number of anilines is 1. The highest BCUT2D eigenvalue weighted by Crippen LogP contribution is 2.35. The Bertz CT molecular complexity index is 920. The van der Waals surface area contributed by atoms with Gasteiger partial charge in [-0.2, -0.15) is 0 Å². The van der Waals surface area contributed by atoms with E-state index < -0.39 is 10.0 Å². The number of thiazole rings is 1. The van der Waals surface area contributed by atoms with Gasteiger partial charge in [0.15, 0.2) is 5.82 Å². The highest BCUT2D eigenvalue weighted by atomic mass is 35.5. The summed E-state index contributed by atoms with van der Waals surface area (Å²) in [4.78, 5) is 5.28. The quantitative estimate of drug-likeness (QED) is 0.737. The van der Waals surface area contributed by atoms with Crippen molar-refractivity contribution in [2.75, 3.05) is 4.72 Å². The SMILES string of the molecule is Cc1nc(NS(=O)(=O)c2ccccc2)c(-c2ccc(Cl)cc2)s1. The zero-order chi connectivity index (χ0) is 16.4. The molecule has 3 rings (SSSR count). The van der Waals surface area contributed by atoms with Gasteiger partial charge in [-0.15, -0.1) is 11.3 Å². The van der Waals surface area contributed by atoms with Crippen LogP contribution in [0.2, 0.25) is 5.02 Å². The lowest BCUT2D eigenvalue weighted by atomic mass is 10.2. The van der Waals surface area contributed by atoms with Crippen molar-refractivity contribution in [2.24, 2.45) is 0 Å². The zero-order valence-electron chi connectivity index (χ0n) is 12.2. The van der Waals surface area contributed by atoms with Crippen LogP contribution in [0.1, 0.15) is 5.01 Å². The first-order valence-electron chi connectivity index (χ1n) is 6.77. The standard InChI is InChI=1S/C16H13ClN2O2S2/c1-11-18-16(15(22-11)12-7-9-13(17)10-8-12)19-23(20,21)14-5-3-2-4-6-14/h2-10,19H,1H3. The molecule has 0 radical (unpaired) electrons. The van der Waals surface area contributed by atoms with Crippen LogP contribution in [-0.4, -0.2) is 13.4 Å². The molecule has 4 nitrogen and oxygen atoms in total. The Morgan fingerprint density at radius 3 is 2.35 bits per heavy atom. The average Bonchev–Trinajstić information content (AvgIpc) is 2.89. The van der Waals surface area contributed by atoms with Crippen LogP contribution >= 0.6 is 22.9 Å². The summed E-state index contributed by atoms with van der Waals surface area (Å²) < 4.78 is 27.5. The maximum absolute atomic E-state index is 12.5. The predicted molar refractivity (Wildman–Crippen MR) is 94.5 cm³/mol. The summed E-state index contributed by atoms with van der Waals surface area (Å²) in [6.07, 6.45) is 0. The van der Waals surface area contributed by atoms with Gasteiger partial charge >= 0.3 is 0 Å². The number of rotatable bonds is 4. The predicted octanol–water partition coefficient (Wildman–Crippen LogP) is 4.57. The topological polar surface area (TPSA) is 59.1 Å². The van der Waals surface area contributed by atoms with Gasteiger partial charge in [-0.25, -0.2) is 13.4 Å². The minimum atomic E-state index is -3.67. The molecule has 7 heteroatoms. The molecule has 118 valence electrons. The zero-order valence-corrected chi connectivity index (χ0v) is 14.5. The van der Waals surface area contributed by atoms with Crippen LogP contribution in [0.25, 0.3) is 10.4 Å². The van der Waals surface area contributed by atoms with Gasteiger partial charge in [0.05, 0.1) is 14.8 Å². The second kappa shape index (κ2) is 6.31. The van der Waals surface area contributed by atoms with E-state index in [4.69, 9.17) is 11.6 Å². The summed E-state index contributed by atoms with van der Waals surface area (Å²) in [6.45, 7) is 1.84. The van der Waals surface area contributed by atoms with Crippen LogP contribution in [0.15, 0.2) is 59.5 Å². The first-order valence-corrected chi connectivity index (χ1v) is 9.45. The fourth-order valence-corrected chi connectivity index (χ4v) is 4.18. The summed E-state index contributed by atoms with van der Waals surface area (Å²) >= 11 is 7.33. The molecule has 0 atom stereocenters. The van der Waals surface area contributed by atoms with Gasteiger partial charge in [-0.1, -0.05) is 41.9 Å². The van der Waals surface area contributed by atoms with Gasteiger partial charge in [0.1, 0.15) is 0 Å². The number of nitrogens with zero attached hydrogens (tertiary/aromatic N) is 1. The van der Waals surface area contributed by atoms with Crippen molar-refractivity contribution in [3.8, 4) is 10.4 Å². The fourth-order valence-electron chi connectivity index (χ4n) is 2.08. The van der Waals surface area contributed by atoms with Gasteiger partial charge in [-0.3, -0.25) is 4.72 Å². The van der Waals surface area contributed by atoms with E-state index in [1.165, 1.54) is 11.3 Å². The van der Waals surface area contributed by atoms with E-state index in [1.807, 2.05) is 19.1 Å². The lowest BCUT2D eigenvalue weighted by molar-refractivity contribution is 0.601. The largest absolute Gasteiger partial charge is 0.263 e. The van der Waals surface area contributed by atoms with Crippen molar-refractivity contribution in [3.05, 3.63) is 64.6 Å². The third-order valence-corrected chi connectivity index (χ3v) is 5.75. The third kappa shape index (κ3) is 3.55. The third-order valence-electron chi connectivity index (χ3n) is 3.13. The number of aryl methyl sites for hydroxylation is 1. The summed E-state index contributed by atoms with van der Waals surface area (Å²) in [5.41, 5.74) is 0.866. The highest BCUT2D eigenvalue weighted by Gasteiger charge is 2.19. The van der Waals surface area contributed by atoms with Gasteiger partial charge < -0.3 is 0 Å². The van der Waals surface area contributed by atoms with Crippen molar-refractivity contribution in [1.82, 2.24) is 4.98 Å². The van der Waals surface area contributed by atoms with E-state index in [0.717, 1.165) is 15.4 Å². The number of aromatic nitrogens is 1. The Balaban J connectivity index is 2.00. The first-order chi connectivity index (χ1) is 11.0. The molecule has 0 saturated carbocycles. The van der Waals surface area contributed by atoms with E-state index in [1.54, 1.807) is 42.5 Å². The molecule has 0 aliphatic heterocycles. The summed E-state index contributed by atoms with van der Waals surface area (Å²) in [7, 11) is -3.67. The molecule has 3 aromatic rings. The number of hydrogen-bond acceptors (Lipinski definition) is 4. The van der Waals surface area contributed by atoms with E-state index in [2.05, 4.69) is 9.71 Å². The molecule has 0 spiro atoms. The van der Waals surface area contributed by atoms with Crippen LogP contribution < -0.4 is 4.72 Å². The molecule has 0 saturated heterocycles. The van der Waals surface area contributed by atoms with Crippen molar-refractivity contribution < 1.29 is 8.42 Å². The highest BCUT2D eigenvalue weighted by molar-refractivity contribution is 7.92. The normalized spacial score (nSPS) is 11.4. The molecule has 0 aliphatic carbocycles. The van der Waals surface area contributed by atoms with Crippen LogP contribution in [0.3, 0.4) is 0 Å². The van der Waals surface area contributed by atoms with Crippen LogP contribution in [0, 0.1) is 6.92 Å². The summed E-state index contributed by atoms with van der Waals surface area (Å²) in [5, 5.41) is 1.40. The minimum absolute atomic E-state index is 0.202. The van der Waals surface area contributed by atoms with E-state index in [0.29, 0.717) is 10.8 Å². The smallest absolute Gasteiger partial charge is 0.262 e. The second-order valence-electron chi connectivity index (χ2n) is 4.84. The van der Waals surface area contributed by atoms with Gasteiger partial charge in [0, 0.05) is 5.02 Å². The number of benzene rings is 2. The molecule has 0 bridgehead atoms. The lowest BCUT2D eigenvalue weighted by Crippen LogP contribution is -2.13. The average molecular weight is 365 g/mol. The Hall–Kier alpha value is -1.89. The lowest BCUT2D eigenvalue weighted by Gasteiger charge is -2.08. The van der Waals surface area contributed by atoms with Crippen LogP contribution in [0.4, 0.5) is 5.82 Å². The Kier molecular flexibility index (Phi) is 4.39. The number of sulfonamides is 1. The number of hydrogen-bond donors (Lipinski definition) is 1. The van der Waals surface area contributed by atoms with E-state index in [-0.39, 0.29) is 4.90 Å². The summed E-state index contributed by atoms with van der Waals surface area (Å²) in [6, 6.07) is 15.4. The van der Waals surface area contributed by atoms with Gasteiger partial charge in [0.25, 0.3) is 10.0 Å². The molecular weight excluding hydrogens is 352 g/mol. The molecule has 0 fully saturated rings. The van der Waals surface area contributed by atoms with Crippen molar-refractivity contribution in [2.45, 2.75) is 11.8 Å².